The number of ether oxygens (including phenoxy) is 1. The fraction of sp³-hybridized carbons (Fsp3) is 0.387. The fourth-order valence-electron chi connectivity index (χ4n) is 5.61. The van der Waals surface area contributed by atoms with Gasteiger partial charge < -0.3 is 20.1 Å². The monoisotopic (exact) mass is 634 g/mol. The molecule has 1 aliphatic rings. The van der Waals surface area contributed by atoms with Crippen LogP contribution in [0.3, 0.4) is 0 Å². The van der Waals surface area contributed by atoms with E-state index in [0.29, 0.717) is 24.5 Å². The first kappa shape index (κ1) is 31.9. The summed E-state index contributed by atoms with van der Waals surface area (Å²) in [6.45, 7) is 2.33. The first-order chi connectivity index (χ1) is 21.7. The number of nitrogens with one attached hydrogen (secondary N) is 1. The number of carboxylic acids is 1. The van der Waals surface area contributed by atoms with Crippen LogP contribution in [0.15, 0.2) is 48.5 Å². The standard InChI is InChI=1S/C31H35ClN8O5/c1-3-4-9-25-34-28(32)24(16-45-31(44)26(39(2)17-33)22-14-23(27(22)41)30(42)43)40(25)15-18-10-12-19(13-11-18)20-7-5-6-8-21(20)29-35-37-38-36-29/h5-8,10-13,22-23,26H,3-4,9,14-17,33H2,1-2H3,(H,42,43)(H,35,36,37,38)/t22?,23?,26-/m0/s1. The molecular weight excluding hydrogens is 600 g/mol. The molecule has 0 saturated heterocycles. The van der Waals surface area contributed by atoms with Crippen molar-refractivity contribution in [2.24, 2.45) is 17.6 Å². The number of tetrazole rings is 1. The van der Waals surface area contributed by atoms with E-state index in [4.69, 9.17) is 22.1 Å². The number of H-pyrrole nitrogens is 1. The molecule has 2 aromatic carbocycles. The average Bonchev–Trinajstić information content (AvgIpc) is 3.68. The molecule has 5 rings (SSSR count). The van der Waals surface area contributed by atoms with Crippen molar-refractivity contribution in [1.82, 2.24) is 35.1 Å². The van der Waals surface area contributed by atoms with Gasteiger partial charge in [0.25, 0.3) is 0 Å². The van der Waals surface area contributed by atoms with Crippen LogP contribution in [-0.2, 0) is 38.7 Å². The van der Waals surface area contributed by atoms with Crippen LogP contribution in [0.5, 0.6) is 0 Å². The van der Waals surface area contributed by atoms with Gasteiger partial charge in [0.15, 0.2) is 10.9 Å². The number of hydrogen-bond acceptors (Lipinski definition) is 10. The number of carbonyl (C=O) groups is 3. The minimum Gasteiger partial charge on any atom is -0.481 e. The van der Waals surface area contributed by atoms with Gasteiger partial charge in [-0.15, -0.1) is 10.2 Å². The minimum absolute atomic E-state index is 0.0172. The van der Waals surface area contributed by atoms with E-state index in [-0.39, 0.29) is 24.8 Å². The normalized spacial score (nSPS) is 16.9. The molecule has 1 aliphatic carbocycles. The highest BCUT2D eigenvalue weighted by Crippen LogP contribution is 2.35. The number of Topliss-reactive ketones (excluding diaryl/α,β-unsaturated/α-hetero) is 1. The van der Waals surface area contributed by atoms with Gasteiger partial charge in [0.1, 0.15) is 24.4 Å². The van der Waals surface area contributed by atoms with E-state index in [1.807, 2.05) is 53.1 Å². The Bertz CT molecular complexity index is 1660. The minimum atomic E-state index is -1.20. The van der Waals surface area contributed by atoms with E-state index in [2.05, 4.69) is 32.5 Å². The number of aliphatic carboxylic acids is 1. The Morgan fingerprint density at radius 3 is 2.56 bits per heavy atom. The van der Waals surface area contributed by atoms with Crippen molar-refractivity contribution in [3.05, 3.63) is 70.8 Å². The lowest BCUT2D eigenvalue weighted by Gasteiger charge is -2.38. The number of unbranched alkanes of at least 4 members (excludes halogenated alkanes) is 1. The third-order valence-electron chi connectivity index (χ3n) is 8.21. The topological polar surface area (TPSA) is 182 Å². The second kappa shape index (κ2) is 14.1. The second-order valence-corrected chi connectivity index (χ2v) is 11.4. The Morgan fingerprint density at radius 2 is 1.93 bits per heavy atom. The van der Waals surface area contributed by atoms with Crippen LogP contribution in [-0.4, -0.2) is 77.7 Å². The smallest absolute Gasteiger partial charge is 0.324 e. The van der Waals surface area contributed by atoms with E-state index >= 15 is 0 Å². The number of aryl methyl sites for hydroxylation is 1. The van der Waals surface area contributed by atoms with E-state index < -0.39 is 35.6 Å². The van der Waals surface area contributed by atoms with Crippen LogP contribution in [0.1, 0.15) is 43.3 Å². The average molecular weight is 635 g/mol. The molecule has 1 saturated carbocycles. The fourth-order valence-corrected chi connectivity index (χ4v) is 5.87. The number of nitrogens with two attached hydrogens (primary N) is 1. The molecule has 0 aliphatic heterocycles. The number of hydrogen-bond donors (Lipinski definition) is 3. The number of esters is 1. The van der Waals surface area contributed by atoms with Gasteiger partial charge in [0.2, 0.25) is 5.82 Å². The lowest BCUT2D eigenvalue weighted by Crippen LogP contribution is -2.57. The largest absolute Gasteiger partial charge is 0.481 e. The van der Waals surface area contributed by atoms with Gasteiger partial charge in [-0.2, -0.15) is 5.21 Å². The summed E-state index contributed by atoms with van der Waals surface area (Å²) in [7, 11) is 1.59. The zero-order chi connectivity index (χ0) is 32.1. The Balaban J connectivity index is 1.36. The number of imidazole rings is 1. The highest BCUT2D eigenvalue weighted by molar-refractivity contribution is 6.30. The Morgan fingerprint density at radius 1 is 1.20 bits per heavy atom. The number of carboxylic acid groups (broad SMARTS) is 1. The third-order valence-corrected chi connectivity index (χ3v) is 8.51. The molecular formula is C31H35ClN8O5. The zero-order valence-electron chi connectivity index (χ0n) is 25.0. The molecule has 2 unspecified atom stereocenters. The molecule has 13 nitrogen and oxygen atoms in total. The predicted octanol–water partition coefficient (Wildman–Crippen LogP) is 3.32. The van der Waals surface area contributed by atoms with Gasteiger partial charge >= 0.3 is 11.9 Å². The molecule has 4 N–H and O–H groups in total. The molecule has 1 fully saturated rings. The highest BCUT2D eigenvalue weighted by Gasteiger charge is 2.51. The van der Waals surface area contributed by atoms with Crippen LogP contribution in [0, 0.1) is 11.8 Å². The molecule has 0 bridgehead atoms. The number of benzene rings is 2. The summed E-state index contributed by atoms with van der Waals surface area (Å²) >= 11 is 6.61. The number of nitrogens with zero attached hydrogens (tertiary/aromatic N) is 6. The summed E-state index contributed by atoms with van der Waals surface area (Å²) in [5.41, 5.74) is 10.1. The molecule has 236 valence electrons. The maximum atomic E-state index is 13.3. The summed E-state index contributed by atoms with van der Waals surface area (Å²) in [5.74, 6) is -3.02. The van der Waals surface area contributed by atoms with Crippen LogP contribution in [0.2, 0.25) is 5.15 Å². The van der Waals surface area contributed by atoms with Gasteiger partial charge in [-0.05, 0) is 41.8 Å². The molecule has 3 atom stereocenters. The Labute approximate surface area is 264 Å². The lowest BCUT2D eigenvalue weighted by molar-refractivity contribution is -0.166. The van der Waals surface area contributed by atoms with E-state index in [1.165, 1.54) is 4.90 Å². The quantitative estimate of drug-likeness (QED) is 0.105. The van der Waals surface area contributed by atoms with Crippen LogP contribution < -0.4 is 5.73 Å². The molecule has 2 aromatic heterocycles. The zero-order valence-corrected chi connectivity index (χ0v) is 25.8. The molecule has 14 heteroatoms. The molecule has 0 radical (unpaired) electrons. The number of aromatic amines is 1. The van der Waals surface area contributed by atoms with E-state index in [1.54, 1.807) is 7.05 Å². The van der Waals surface area contributed by atoms with Crippen LogP contribution in [0.25, 0.3) is 22.5 Å². The summed E-state index contributed by atoms with van der Waals surface area (Å²) in [6.07, 6.45) is 2.60. The van der Waals surface area contributed by atoms with Crippen molar-refractivity contribution < 1.29 is 24.2 Å². The number of ketones is 1. The van der Waals surface area contributed by atoms with Crippen molar-refractivity contribution in [2.75, 3.05) is 13.7 Å². The Hall–Kier alpha value is -4.46. The summed E-state index contributed by atoms with van der Waals surface area (Å²) in [4.78, 5) is 43.3. The summed E-state index contributed by atoms with van der Waals surface area (Å²) in [6, 6.07) is 14.9. The van der Waals surface area contributed by atoms with E-state index in [9.17, 15) is 19.5 Å². The van der Waals surface area contributed by atoms with Crippen molar-refractivity contribution in [1.29, 1.82) is 0 Å². The van der Waals surface area contributed by atoms with Gasteiger partial charge in [-0.3, -0.25) is 19.3 Å². The van der Waals surface area contributed by atoms with Crippen molar-refractivity contribution in [3.8, 4) is 22.5 Å². The summed E-state index contributed by atoms with van der Waals surface area (Å²) < 4.78 is 7.68. The summed E-state index contributed by atoms with van der Waals surface area (Å²) in [5, 5.41) is 23.9. The van der Waals surface area contributed by atoms with Gasteiger partial charge in [-0.25, -0.2) is 4.98 Å². The Kier molecular flexibility index (Phi) is 10.0. The second-order valence-electron chi connectivity index (χ2n) is 11.1. The van der Waals surface area contributed by atoms with Crippen molar-refractivity contribution >= 4 is 29.3 Å². The van der Waals surface area contributed by atoms with Gasteiger partial charge in [0, 0.05) is 31.1 Å². The predicted molar refractivity (Wildman–Crippen MR) is 165 cm³/mol. The van der Waals surface area contributed by atoms with Crippen LogP contribution >= 0.6 is 11.6 Å². The number of carbonyl (C=O) groups excluding carboxylic acids is 2. The number of rotatable bonds is 14. The molecule has 4 aromatic rings. The third kappa shape index (κ3) is 6.80. The number of halogens is 1. The molecule has 2 heterocycles. The maximum absolute atomic E-state index is 13.3. The lowest BCUT2D eigenvalue weighted by atomic mass is 9.69. The SMILES string of the molecule is CCCCc1nc(Cl)c(COC(=O)[C@H](C2CC(C(=O)O)C2=O)N(C)CN)n1Cc1ccc(-c2ccccc2-c2nn[nH]n2)cc1. The van der Waals surface area contributed by atoms with Gasteiger partial charge in [-0.1, -0.05) is 73.5 Å². The van der Waals surface area contributed by atoms with E-state index in [0.717, 1.165) is 40.9 Å². The molecule has 0 spiro atoms. The number of aromatic nitrogens is 6. The van der Waals surface area contributed by atoms with Crippen molar-refractivity contribution in [2.45, 2.75) is 51.8 Å². The van der Waals surface area contributed by atoms with Crippen LogP contribution in [0.4, 0.5) is 0 Å². The van der Waals surface area contributed by atoms with Crippen molar-refractivity contribution in [3.63, 3.8) is 0 Å². The first-order valence-electron chi connectivity index (χ1n) is 14.7. The number of likely N-dealkylation sites (N-methyl/N-ethyl adjacent to an activating group) is 1. The van der Waals surface area contributed by atoms with Gasteiger partial charge in [0.05, 0.1) is 5.69 Å². The first-order valence-corrected chi connectivity index (χ1v) is 15.1. The highest BCUT2D eigenvalue weighted by atomic mass is 35.5. The molecule has 0 amide bonds. The maximum Gasteiger partial charge on any atom is 0.324 e. The molecule has 45 heavy (non-hydrogen) atoms.